The van der Waals surface area contributed by atoms with Crippen LogP contribution in [-0.4, -0.2) is 34.6 Å². The maximum atomic E-state index is 12.3. The molecule has 1 amide bonds. The van der Waals surface area contributed by atoms with Gasteiger partial charge < -0.3 is 10.0 Å². The molecule has 0 aromatic heterocycles. The van der Waals surface area contributed by atoms with Crippen molar-refractivity contribution in [3.8, 4) is 0 Å². The third-order valence-electron chi connectivity index (χ3n) is 2.86. The smallest absolute Gasteiger partial charge is 0.253 e. The Morgan fingerprint density at radius 1 is 1.22 bits per heavy atom. The van der Waals surface area contributed by atoms with Crippen LogP contribution in [-0.2, 0) is 6.42 Å². The lowest BCUT2D eigenvalue weighted by atomic mass is 10.1. The Kier molecular flexibility index (Phi) is 4.91. The number of hydrogen-bond donors (Lipinski definition) is 1. The SMILES string of the molecule is CCc1ccc(C(=O)N(CC)CC(C)(C)O)cc1. The van der Waals surface area contributed by atoms with Crippen LogP contribution in [0.5, 0.6) is 0 Å². The predicted octanol–water partition coefficient (Wildman–Crippen LogP) is 2.48. The van der Waals surface area contributed by atoms with Gasteiger partial charge in [0, 0.05) is 18.7 Å². The maximum Gasteiger partial charge on any atom is 0.253 e. The number of amides is 1. The lowest BCUT2D eigenvalue weighted by molar-refractivity contribution is 0.0314. The van der Waals surface area contributed by atoms with E-state index in [1.807, 2.05) is 31.2 Å². The molecule has 0 fully saturated rings. The maximum absolute atomic E-state index is 12.3. The van der Waals surface area contributed by atoms with Crippen molar-refractivity contribution in [2.45, 2.75) is 39.7 Å². The Bertz CT molecular complexity index is 390. The van der Waals surface area contributed by atoms with E-state index in [0.29, 0.717) is 18.7 Å². The van der Waals surface area contributed by atoms with Crippen molar-refractivity contribution in [3.63, 3.8) is 0 Å². The zero-order valence-corrected chi connectivity index (χ0v) is 11.7. The first-order valence-electron chi connectivity index (χ1n) is 6.48. The van der Waals surface area contributed by atoms with Gasteiger partial charge >= 0.3 is 0 Å². The number of aryl methyl sites for hydroxylation is 1. The van der Waals surface area contributed by atoms with E-state index in [1.165, 1.54) is 5.56 Å². The number of aliphatic hydroxyl groups is 1. The quantitative estimate of drug-likeness (QED) is 0.871. The summed E-state index contributed by atoms with van der Waals surface area (Å²) in [6.07, 6.45) is 0.968. The Morgan fingerprint density at radius 2 is 1.78 bits per heavy atom. The van der Waals surface area contributed by atoms with E-state index in [9.17, 15) is 9.90 Å². The van der Waals surface area contributed by atoms with Crippen LogP contribution in [0.2, 0.25) is 0 Å². The van der Waals surface area contributed by atoms with E-state index in [1.54, 1.807) is 18.7 Å². The molecule has 0 aliphatic heterocycles. The minimum Gasteiger partial charge on any atom is -0.389 e. The summed E-state index contributed by atoms with van der Waals surface area (Å²) < 4.78 is 0. The molecule has 1 N–H and O–H groups in total. The summed E-state index contributed by atoms with van der Waals surface area (Å²) in [6.45, 7) is 8.37. The Labute approximate surface area is 109 Å². The molecule has 3 heteroatoms. The van der Waals surface area contributed by atoms with Gasteiger partial charge in [-0.3, -0.25) is 4.79 Å². The summed E-state index contributed by atoms with van der Waals surface area (Å²) in [6, 6.07) is 7.67. The summed E-state index contributed by atoms with van der Waals surface area (Å²) in [5.41, 5.74) is 1.03. The molecule has 0 radical (unpaired) electrons. The van der Waals surface area contributed by atoms with Gasteiger partial charge in [-0.15, -0.1) is 0 Å². The van der Waals surface area contributed by atoms with Crippen molar-refractivity contribution in [3.05, 3.63) is 35.4 Å². The predicted molar refractivity (Wildman–Crippen MR) is 73.7 cm³/mol. The number of nitrogens with zero attached hydrogens (tertiary/aromatic N) is 1. The highest BCUT2D eigenvalue weighted by Gasteiger charge is 2.22. The van der Waals surface area contributed by atoms with Crippen molar-refractivity contribution >= 4 is 5.91 Å². The number of carbonyl (C=O) groups excluding carboxylic acids is 1. The van der Waals surface area contributed by atoms with Gasteiger partial charge in [0.1, 0.15) is 0 Å². The summed E-state index contributed by atoms with van der Waals surface area (Å²) >= 11 is 0. The number of carbonyl (C=O) groups is 1. The van der Waals surface area contributed by atoms with Crippen molar-refractivity contribution in [1.29, 1.82) is 0 Å². The summed E-state index contributed by atoms with van der Waals surface area (Å²) in [7, 11) is 0. The molecule has 1 rings (SSSR count). The standard InChI is InChI=1S/C15H23NO2/c1-5-12-7-9-13(10-8-12)14(17)16(6-2)11-15(3,4)18/h7-10,18H,5-6,11H2,1-4H3. The second-order valence-electron chi connectivity index (χ2n) is 5.18. The molecule has 0 unspecified atom stereocenters. The van der Waals surface area contributed by atoms with Crippen molar-refractivity contribution in [2.24, 2.45) is 0 Å². The fraction of sp³-hybridized carbons (Fsp3) is 0.533. The van der Waals surface area contributed by atoms with Crippen LogP contribution in [0.4, 0.5) is 0 Å². The van der Waals surface area contributed by atoms with Gasteiger partial charge in [0.25, 0.3) is 5.91 Å². The number of hydrogen-bond acceptors (Lipinski definition) is 2. The third-order valence-corrected chi connectivity index (χ3v) is 2.86. The van der Waals surface area contributed by atoms with Crippen LogP contribution in [0.15, 0.2) is 24.3 Å². The van der Waals surface area contributed by atoms with Gasteiger partial charge in [0.05, 0.1) is 5.60 Å². The van der Waals surface area contributed by atoms with Gasteiger partial charge in [-0.1, -0.05) is 19.1 Å². The zero-order valence-electron chi connectivity index (χ0n) is 11.7. The normalized spacial score (nSPS) is 11.4. The summed E-state index contributed by atoms with van der Waals surface area (Å²) in [4.78, 5) is 13.9. The molecule has 0 heterocycles. The van der Waals surface area contributed by atoms with E-state index in [4.69, 9.17) is 0 Å². The second-order valence-corrected chi connectivity index (χ2v) is 5.18. The molecule has 0 saturated carbocycles. The number of benzene rings is 1. The summed E-state index contributed by atoms with van der Waals surface area (Å²) in [5.74, 6) is -0.0257. The minimum absolute atomic E-state index is 0.0257. The number of likely N-dealkylation sites (N-methyl/N-ethyl adjacent to an activating group) is 1. The Hall–Kier alpha value is -1.35. The molecule has 0 atom stereocenters. The molecule has 100 valence electrons. The molecular weight excluding hydrogens is 226 g/mol. The number of rotatable bonds is 5. The largest absolute Gasteiger partial charge is 0.389 e. The fourth-order valence-corrected chi connectivity index (χ4v) is 1.86. The van der Waals surface area contributed by atoms with Gasteiger partial charge in [-0.05, 0) is 44.9 Å². The van der Waals surface area contributed by atoms with Gasteiger partial charge in [-0.2, -0.15) is 0 Å². The molecule has 0 aliphatic rings. The first kappa shape index (κ1) is 14.7. The molecule has 1 aromatic carbocycles. The van der Waals surface area contributed by atoms with Crippen LogP contribution in [0, 0.1) is 0 Å². The highest BCUT2D eigenvalue weighted by Crippen LogP contribution is 2.11. The van der Waals surface area contributed by atoms with E-state index in [0.717, 1.165) is 6.42 Å². The average Bonchev–Trinajstić information content (AvgIpc) is 2.34. The molecule has 0 spiro atoms. The van der Waals surface area contributed by atoms with Crippen molar-refractivity contribution < 1.29 is 9.90 Å². The monoisotopic (exact) mass is 249 g/mol. The van der Waals surface area contributed by atoms with E-state index < -0.39 is 5.60 Å². The van der Waals surface area contributed by atoms with Crippen LogP contribution in [0.25, 0.3) is 0 Å². The highest BCUT2D eigenvalue weighted by molar-refractivity contribution is 5.94. The fourth-order valence-electron chi connectivity index (χ4n) is 1.86. The Morgan fingerprint density at radius 3 is 2.17 bits per heavy atom. The molecule has 0 bridgehead atoms. The highest BCUT2D eigenvalue weighted by atomic mass is 16.3. The zero-order chi connectivity index (χ0) is 13.8. The van der Waals surface area contributed by atoms with Crippen LogP contribution in [0.1, 0.15) is 43.6 Å². The van der Waals surface area contributed by atoms with Crippen LogP contribution in [0.3, 0.4) is 0 Å². The van der Waals surface area contributed by atoms with Crippen LogP contribution >= 0.6 is 0 Å². The first-order chi connectivity index (χ1) is 8.37. The third kappa shape index (κ3) is 4.15. The average molecular weight is 249 g/mol. The lowest BCUT2D eigenvalue weighted by Gasteiger charge is -2.28. The second kappa shape index (κ2) is 6.01. The van der Waals surface area contributed by atoms with E-state index in [2.05, 4.69) is 6.92 Å². The first-order valence-corrected chi connectivity index (χ1v) is 6.48. The van der Waals surface area contributed by atoms with E-state index >= 15 is 0 Å². The van der Waals surface area contributed by atoms with Crippen molar-refractivity contribution in [2.75, 3.05) is 13.1 Å². The molecule has 0 aliphatic carbocycles. The molecule has 3 nitrogen and oxygen atoms in total. The minimum atomic E-state index is -0.866. The van der Waals surface area contributed by atoms with Gasteiger partial charge in [0.15, 0.2) is 0 Å². The lowest BCUT2D eigenvalue weighted by Crippen LogP contribution is -2.42. The van der Waals surface area contributed by atoms with Crippen LogP contribution < -0.4 is 0 Å². The van der Waals surface area contributed by atoms with Gasteiger partial charge in [0.2, 0.25) is 0 Å². The summed E-state index contributed by atoms with van der Waals surface area (Å²) in [5, 5.41) is 9.80. The molecule has 0 saturated heterocycles. The molecule has 1 aromatic rings. The van der Waals surface area contributed by atoms with E-state index in [-0.39, 0.29) is 5.91 Å². The molecular formula is C15H23NO2. The Balaban J connectivity index is 2.82. The van der Waals surface area contributed by atoms with Crippen molar-refractivity contribution in [1.82, 2.24) is 4.90 Å². The molecule has 18 heavy (non-hydrogen) atoms. The van der Waals surface area contributed by atoms with Gasteiger partial charge in [-0.25, -0.2) is 0 Å². The topological polar surface area (TPSA) is 40.5 Å².